The van der Waals surface area contributed by atoms with Crippen LogP contribution < -0.4 is 16.0 Å². The molecule has 0 radical (unpaired) electrons. The lowest BCUT2D eigenvalue weighted by atomic mass is 10.2. The van der Waals surface area contributed by atoms with Crippen LogP contribution in [0.25, 0.3) is 11.0 Å². The van der Waals surface area contributed by atoms with Crippen LogP contribution in [0.4, 0.5) is 40.8 Å². The quantitative estimate of drug-likeness (QED) is 0.250. The number of halogens is 4. The van der Waals surface area contributed by atoms with Crippen molar-refractivity contribution in [2.45, 2.75) is 26.9 Å². The third kappa shape index (κ3) is 4.91. The summed E-state index contributed by atoms with van der Waals surface area (Å²) in [6, 6.07) is 9.28. The first-order valence-electron chi connectivity index (χ1n) is 10.2. The number of aryl methyl sites for hydroxylation is 3. The monoisotopic (exact) mass is 488 g/mol. The van der Waals surface area contributed by atoms with E-state index in [-0.39, 0.29) is 5.69 Å². The van der Waals surface area contributed by atoms with Crippen molar-refractivity contribution in [3.63, 3.8) is 0 Å². The number of anilines is 4. The Morgan fingerprint density at radius 1 is 0.941 bits per heavy atom. The molecule has 4 aromatic rings. The summed E-state index contributed by atoms with van der Waals surface area (Å²) >= 11 is 5.61. The van der Waals surface area contributed by atoms with Gasteiger partial charge in [-0.15, -0.1) is 0 Å². The van der Waals surface area contributed by atoms with Crippen LogP contribution in [0, 0.1) is 20.8 Å². The van der Waals surface area contributed by atoms with E-state index >= 15 is 0 Å². The van der Waals surface area contributed by atoms with Gasteiger partial charge in [-0.25, -0.2) is 14.8 Å². The molecule has 0 saturated heterocycles. The molecule has 176 valence electrons. The molecular formula is C23H20ClF3N6O. The second kappa shape index (κ2) is 8.86. The maximum atomic E-state index is 13.0. The van der Waals surface area contributed by atoms with Crippen LogP contribution in [-0.4, -0.2) is 21.0 Å². The highest BCUT2D eigenvalue weighted by Crippen LogP contribution is 2.36. The van der Waals surface area contributed by atoms with Crippen molar-refractivity contribution in [2.24, 2.45) is 0 Å². The van der Waals surface area contributed by atoms with Gasteiger partial charge in [0.25, 0.3) is 0 Å². The fourth-order valence-corrected chi connectivity index (χ4v) is 3.68. The second-order valence-corrected chi connectivity index (χ2v) is 8.10. The van der Waals surface area contributed by atoms with Gasteiger partial charge in [0.15, 0.2) is 0 Å². The van der Waals surface area contributed by atoms with Gasteiger partial charge in [0, 0.05) is 22.8 Å². The number of nitrogens with zero attached hydrogens (tertiary/aromatic N) is 2. The van der Waals surface area contributed by atoms with Crippen LogP contribution in [0.2, 0.25) is 5.02 Å². The number of fused-ring (bicyclic) bond motifs is 1. The number of urea groups is 1. The second-order valence-electron chi connectivity index (χ2n) is 7.69. The number of alkyl halides is 3. The molecule has 0 fully saturated rings. The Kier molecular flexibility index (Phi) is 6.09. The fraction of sp³-hybridized carbons (Fsp3) is 0.174. The molecule has 0 saturated carbocycles. The van der Waals surface area contributed by atoms with Crippen LogP contribution in [0.3, 0.4) is 0 Å². The summed E-state index contributed by atoms with van der Waals surface area (Å²) in [5.74, 6) is 1.27. The third-order valence-electron chi connectivity index (χ3n) is 5.20. The van der Waals surface area contributed by atoms with Crippen molar-refractivity contribution in [3.05, 3.63) is 70.1 Å². The number of hydrogen-bond acceptors (Lipinski definition) is 4. The fourth-order valence-electron chi connectivity index (χ4n) is 3.45. The topological polar surface area (TPSA) is 94.7 Å². The minimum absolute atomic E-state index is 0.0344. The van der Waals surface area contributed by atoms with Crippen LogP contribution in [0.5, 0.6) is 0 Å². The van der Waals surface area contributed by atoms with E-state index < -0.39 is 22.8 Å². The molecule has 7 nitrogen and oxygen atoms in total. The van der Waals surface area contributed by atoms with Crippen molar-refractivity contribution in [3.8, 4) is 0 Å². The molecule has 0 unspecified atom stereocenters. The summed E-state index contributed by atoms with van der Waals surface area (Å²) in [7, 11) is 0. The molecule has 2 aromatic carbocycles. The van der Waals surface area contributed by atoms with E-state index in [2.05, 4.69) is 30.9 Å². The number of carbonyl (C=O) groups excluding carboxylic acids is 1. The molecular weight excluding hydrogens is 469 g/mol. The molecule has 34 heavy (non-hydrogen) atoms. The molecule has 2 amide bonds. The number of amides is 2. The van der Waals surface area contributed by atoms with Crippen LogP contribution in [0.15, 0.2) is 42.5 Å². The van der Waals surface area contributed by atoms with Gasteiger partial charge < -0.3 is 20.9 Å². The highest BCUT2D eigenvalue weighted by atomic mass is 35.5. The number of rotatable bonds is 4. The highest BCUT2D eigenvalue weighted by molar-refractivity contribution is 6.31. The maximum absolute atomic E-state index is 13.0. The SMILES string of the molecule is Cc1nc(Nc2ccc(NC(=O)Nc3ccc(Cl)c(C(F)(F)F)c3)cc2)c2c(C)c(C)[nH]c2n1. The Balaban J connectivity index is 1.46. The molecule has 0 aliphatic carbocycles. The number of aromatic nitrogens is 3. The molecule has 0 aliphatic rings. The number of H-pyrrole nitrogens is 1. The first kappa shape index (κ1) is 23.4. The lowest BCUT2D eigenvalue weighted by molar-refractivity contribution is -0.137. The standard InChI is InChI=1S/C23H20ClF3N6O/c1-11-12(2)28-20-19(11)21(30-13(3)29-20)31-14-4-6-15(7-5-14)32-22(34)33-16-8-9-18(24)17(10-16)23(25,26)27/h4-10H,1-3H3,(H2,32,33,34)(H2,28,29,30,31). The van der Waals surface area contributed by atoms with Gasteiger partial charge in [-0.1, -0.05) is 11.6 Å². The van der Waals surface area contributed by atoms with Crippen LogP contribution in [0.1, 0.15) is 22.6 Å². The van der Waals surface area contributed by atoms with Gasteiger partial charge in [-0.2, -0.15) is 13.2 Å². The molecule has 4 N–H and O–H groups in total. The van der Waals surface area contributed by atoms with E-state index in [1.807, 2.05) is 13.8 Å². The summed E-state index contributed by atoms with van der Waals surface area (Å²) in [6.45, 7) is 5.76. The predicted molar refractivity (Wildman–Crippen MR) is 127 cm³/mol. The summed E-state index contributed by atoms with van der Waals surface area (Å²) in [5, 5.41) is 8.68. The minimum Gasteiger partial charge on any atom is -0.343 e. The van der Waals surface area contributed by atoms with Crippen molar-refractivity contribution in [1.29, 1.82) is 0 Å². The Bertz CT molecular complexity index is 1380. The molecule has 2 aromatic heterocycles. The van der Waals surface area contributed by atoms with E-state index in [4.69, 9.17) is 11.6 Å². The first-order valence-corrected chi connectivity index (χ1v) is 10.5. The zero-order valence-corrected chi connectivity index (χ0v) is 19.1. The molecule has 0 bridgehead atoms. The van der Waals surface area contributed by atoms with Gasteiger partial charge in [0.05, 0.1) is 16.0 Å². The molecule has 11 heteroatoms. The first-order chi connectivity index (χ1) is 16.0. The average molecular weight is 489 g/mol. The van der Waals surface area contributed by atoms with Gasteiger partial charge in [-0.3, -0.25) is 0 Å². The van der Waals surface area contributed by atoms with Crippen molar-refractivity contribution in [1.82, 2.24) is 15.0 Å². The zero-order valence-electron chi connectivity index (χ0n) is 18.4. The Labute approximate surface area is 197 Å². The van der Waals surface area contributed by atoms with Gasteiger partial charge >= 0.3 is 12.2 Å². The zero-order chi connectivity index (χ0) is 24.6. The van der Waals surface area contributed by atoms with Crippen molar-refractivity contribution >= 4 is 51.5 Å². The molecule has 2 heterocycles. The number of hydrogen-bond donors (Lipinski definition) is 4. The third-order valence-corrected chi connectivity index (χ3v) is 5.53. The normalized spacial score (nSPS) is 11.5. The minimum atomic E-state index is -4.63. The summed E-state index contributed by atoms with van der Waals surface area (Å²) in [4.78, 5) is 24.4. The van der Waals surface area contributed by atoms with E-state index in [9.17, 15) is 18.0 Å². The number of carbonyl (C=O) groups is 1. The highest BCUT2D eigenvalue weighted by Gasteiger charge is 2.33. The van der Waals surface area contributed by atoms with Gasteiger partial charge in [-0.05, 0) is 68.8 Å². The molecule has 0 aliphatic heterocycles. The van der Waals surface area contributed by atoms with E-state index in [0.717, 1.165) is 40.1 Å². The molecule has 0 spiro atoms. The average Bonchev–Trinajstić information content (AvgIpc) is 3.03. The van der Waals surface area contributed by atoms with Crippen LogP contribution in [-0.2, 0) is 6.18 Å². The van der Waals surface area contributed by atoms with E-state index in [1.165, 1.54) is 6.07 Å². The van der Waals surface area contributed by atoms with E-state index in [0.29, 0.717) is 17.3 Å². The largest absolute Gasteiger partial charge is 0.417 e. The summed E-state index contributed by atoms with van der Waals surface area (Å²) in [5.41, 5.74) is 2.92. The van der Waals surface area contributed by atoms with Crippen LogP contribution >= 0.6 is 11.6 Å². The van der Waals surface area contributed by atoms with Crippen molar-refractivity contribution < 1.29 is 18.0 Å². The van der Waals surface area contributed by atoms with Gasteiger partial charge in [0.1, 0.15) is 17.3 Å². The summed E-state index contributed by atoms with van der Waals surface area (Å²) in [6.07, 6.45) is -4.63. The Morgan fingerprint density at radius 2 is 1.56 bits per heavy atom. The smallest absolute Gasteiger partial charge is 0.343 e. The lowest BCUT2D eigenvalue weighted by Gasteiger charge is -2.13. The Hall–Kier alpha value is -3.79. The predicted octanol–water partition coefficient (Wildman–Crippen LogP) is 6.94. The Morgan fingerprint density at radius 3 is 2.24 bits per heavy atom. The summed E-state index contributed by atoms with van der Waals surface area (Å²) < 4.78 is 39.0. The number of aromatic amines is 1. The number of nitrogens with one attached hydrogen (secondary N) is 4. The maximum Gasteiger partial charge on any atom is 0.417 e. The van der Waals surface area contributed by atoms with Gasteiger partial charge in [0.2, 0.25) is 0 Å². The number of benzene rings is 2. The lowest BCUT2D eigenvalue weighted by Crippen LogP contribution is -2.19. The van der Waals surface area contributed by atoms with E-state index in [1.54, 1.807) is 31.2 Å². The molecule has 0 atom stereocenters. The molecule has 4 rings (SSSR count). The van der Waals surface area contributed by atoms with Crippen molar-refractivity contribution in [2.75, 3.05) is 16.0 Å².